The number of nitrogens with zero attached hydrogens (tertiary/aromatic N) is 2. The molecule has 1 aliphatic heterocycles. The van der Waals surface area contributed by atoms with Crippen molar-refractivity contribution in [1.29, 1.82) is 0 Å². The van der Waals surface area contributed by atoms with Gasteiger partial charge in [0.1, 0.15) is 11.4 Å². The SMILES string of the molecule is Cc1cccc2nc(C(=O)O[C@H](C)C(=O)N[C@H]3CCOc4ccccc43)cn12. The fourth-order valence-electron chi connectivity index (χ4n) is 3.30. The topological polar surface area (TPSA) is 81.9 Å². The normalized spacial score (nSPS) is 16.7. The monoisotopic (exact) mass is 379 g/mol. The third-order valence-electron chi connectivity index (χ3n) is 4.83. The van der Waals surface area contributed by atoms with Gasteiger partial charge in [-0.25, -0.2) is 9.78 Å². The zero-order valence-electron chi connectivity index (χ0n) is 15.7. The fraction of sp³-hybridized carbons (Fsp3) is 0.286. The molecular formula is C21H21N3O4. The highest BCUT2D eigenvalue weighted by Gasteiger charge is 2.27. The van der Waals surface area contributed by atoms with Crippen LogP contribution in [0.1, 0.15) is 41.1 Å². The van der Waals surface area contributed by atoms with E-state index in [2.05, 4.69) is 10.3 Å². The molecule has 0 fully saturated rings. The lowest BCUT2D eigenvalue weighted by Crippen LogP contribution is -2.39. The Kier molecular flexibility index (Phi) is 4.73. The number of aromatic nitrogens is 2. The fourth-order valence-corrected chi connectivity index (χ4v) is 3.30. The summed E-state index contributed by atoms with van der Waals surface area (Å²) in [5.74, 6) is -0.211. The minimum Gasteiger partial charge on any atom is -0.493 e. The highest BCUT2D eigenvalue weighted by atomic mass is 16.5. The van der Waals surface area contributed by atoms with Crippen molar-refractivity contribution >= 4 is 17.5 Å². The second kappa shape index (κ2) is 7.34. The number of imidazole rings is 1. The molecule has 0 saturated carbocycles. The van der Waals surface area contributed by atoms with Crippen LogP contribution in [-0.2, 0) is 9.53 Å². The smallest absolute Gasteiger partial charge is 0.359 e. The summed E-state index contributed by atoms with van der Waals surface area (Å²) in [6, 6.07) is 13.0. The van der Waals surface area contributed by atoms with E-state index >= 15 is 0 Å². The number of carbonyl (C=O) groups is 2. The Balaban J connectivity index is 1.43. The predicted molar refractivity (Wildman–Crippen MR) is 102 cm³/mol. The van der Waals surface area contributed by atoms with E-state index in [4.69, 9.17) is 9.47 Å². The van der Waals surface area contributed by atoms with Crippen LogP contribution >= 0.6 is 0 Å². The molecule has 1 N–H and O–H groups in total. The van der Waals surface area contributed by atoms with Gasteiger partial charge in [0.25, 0.3) is 5.91 Å². The van der Waals surface area contributed by atoms with Crippen LogP contribution in [0.5, 0.6) is 5.75 Å². The summed E-state index contributed by atoms with van der Waals surface area (Å²) in [5.41, 5.74) is 2.71. The number of hydrogen-bond donors (Lipinski definition) is 1. The maximum atomic E-state index is 12.6. The standard InChI is InChI=1S/C21H21N3O4/c1-13-6-5-9-19-22-17(12-24(13)19)21(26)28-14(2)20(25)23-16-10-11-27-18-8-4-3-7-15(16)18/h3-9,12,14,16H,10-11H2,1-2H3,(H,23,25)/t14-,16+/m1/s1. The molecule has 1 aromatic carbocycles. The van der Waals surface area contributed by atoms with Gasteiger partial charge in [0.2, 0.25) is 0 Å². The number of fused-ring (bicyclic) bond motifs is 2. The van der Waals surface area contributed by atoms with Crippen molar-refractivity contribution in [2.45, 2.75) is 32.4 Å². The molecule has 1 amide bonds. The Morgan fingerprint density at radius 1 is 1.25 bits per heavy atom. The molecule has 1 aliphatic rings. The first-order chi connectivity index (χ1) is 13.5. The van der Waals surface area contributed by atoms with Crippen molar-refractivity contribution < 1.29 is 19.1 Å². The first-order valence-electron chi connectivity index (χ1n) is 9.21. The molecule has 0 radical (unpaired) electrons. The van der Waals surface area contributed by atoms with Crippen molar-refractivity contribution in [3.05, 3.63) is 65.6 Å². The van der Waals surface area contributed by atoms with Crippen LogP contribution in [0.4, 0.5) is 0 Å². The number of pyridine rings is 1. The van der Waals surface area contributed by atoms with Gasteiger partial charge in [-0.3, -0.25) is 4.79 Å². The van der Waals surface area contributed by atoms with Gasteiger partial charge < -0.3 is 19.2 Å². The third kappa shape index (κ3) is 3.43. The number of benzene rings is 1. The zero-order valence-corrected chi connectivity index (χ0v) is 15.7. The number of rotatable bonds is 4. The van der Waals surface area contributed by atoms with Crippen LogP contribution in [0.15, 0.2) is 48.7 Å². The Labute approximate surface area is 162 Å². The Morgan fingerprint density at radius 3 is 2.89 bits per heavy atom. The zero-order chi connectivity index (χ0) is 19.7. The number of para-hydroxylation sites is 1. The average molecular weight is 379 g/mol. The number of nitrogens with one attached hydrogen (secondary N) is 1. The molecule has 7 heteroatoms. The van der Waals surface area contributed by atoms with Gasteiger partial charge >= 0.3 is 5.97 Å². The molecule has 3 heterocycles. The quantitative estimate of drug-likeness (QED) is 0.705. The summed E-state index contributed by atoms with van der Waals surface area (Å²) in [5, 5.41) is 2.95. The van der Waals surface area contributed by atoms with E-state index in [0.717, 1.165) is 17.0 Å². The summed E-state index contributed by atoms with van der Waals surface area (Å²) >= 11 is 0. The lowest BCUT2D eigenvalue weighted by atomic mass is 10.0. The maximum absolute atomic E-state index is 12.6. The number of hydrogen-bond acceptors (Lipinski definition) is 5. The van der Waals surface area contributed by atoms with Crippen molar-refractivity contribution in [3.8, 4) is 5.75 Å². The number of aryl methyl sites for hydroxylation is 1. The Morgan fingerprint density at radius 2 is 2.07 bits per heavy atom. The van der Waals surface area contributed by atoms with E-state index in [1.54, 1.807) is 17.5 Å². The number of ether oxygens (including phenoxy) is 2. The molecule has 0 unspecified atom stereocenters. The van der Waals surface area contributed by atoms with Crippen LogP contribution < -0.4 is 10.1 Å². The Hall–Kier alpha value is -3.35. The van der Waals surface area contributed by atoms with Crippen LogP contribution in [0, 0.1) is 6.92 Å². The minimum absolute atomic E-state index is 0.170. The molecule has 7 nitrogen and oxygen atoms in total. The molecule has 144 valence electrons. The second-order valence-electron chi connectivity index (χ2n) is 6.81. The Bertz CT molecular complexity index is 1040. The summed E-state index contributed by atoms with van der Waals surface area (Å²) in [6.45, 7) is 4.00. The average Bonchev–Trinajstić information content (AvgIpc) is 3.14. The van der Waals surface area contributed by atoms with E-state index in [9.17, 15) is 9.59 Å². The van der Waals surface area contributed by atoms with Crippen molar-refractivity contribution in [2.24, 2.45) is 0 Å². The summed E-state index contributed by atoms with van der Waals surface area (Å²) in [4.78, 5) is 29.3. The van der Waals surface area contributed by atoms with Gasteiger partial charge in [0.15, 0.2) is 11.8 Å². The van der Waals surface area contributed by atoms with Gasteiger partial charge in [-0.2, -0.15) is 0 Å². The second-order valence-corrected chi connectivity index (χ2v) is 6.81. The lowest BCUT2D eigenvalue weighted by molar-refractivity contribution is -0.130. The van der Waals surface area contributed by atoms with Crippen LogP contribution in [0.25, 0.3) is 5.65 Å². The van der Waals surface area contributed by atoms with Crippen LogP contribution in [0.3, 0.4) is 0 Å². The first-order valence-corrected chi connectivity index (χ1v) is 9.21. The maximum Gasteiger partial charge on any atom is 0.359 e. The molecule has 28 heavy (non-hydrogen) atoms. The van der Waals surface area contributed by atoms with Gasteiger partial charge in [-0.15, -0.1) is 0 Å². The van der Waals surface area contributed by atoms with Crippen LogP contribution in [-0.4, -0.2) is 34.0 Å². The molecule has 4 rings (SSSR count). The van der Waals surface area contributed by atoms with Crippen LogP contribution in [0.2, 0.25) is 0 Å². The summed E-state index contributed by atoms with van der Waals surface area (Å²) in [7, 11) is 0. The van der Waals surface area contributed by atoms with Gasteiger partial charge in [-0.05, 0) is 32.0 Å². The van der Waals surface area contributed by atoms with E-state index in [-0.39, 0.29) is 17.6 Å². The molecule has 0 spiro atoms. The molecule has 0 saturated heterocycles. The van der Waals surface area contributed by atoms with E-state index in [1.165, 1.54) is 0 Å². The highest BCUT2D eigenvalue weighted by molar-refractivity contribution is 5.91. The molecule has 0 bridgehead atoms. The molecule has 0 aliphatic carbocycles. The highest BCUT2D eigenvalue weighted by Crippen LogP contribution is 2.31. The molecular weight excluding hydrogens is 358 g/mol. The molecule has 2 atom stereocenters. The van der Waals surface area contributed by atoms with Gasteiger partial charge in [-0.1, -0.05) is 24.3 Å². The van der Waals surface area contributed by atoms with Crippen molar-refractivity contribution in [3.63, 3.8) is 0 Å². The van der Waals surface area contributed by atoms with Crippen molar-refractivity contribution in [1.82, 2.24) is 14.7 Å². The largest absolute Gasteiger partial charge is 0.493 e. The molecule has 3 aromatic rings. The van der Waals surface area contributed by atoms with Gasteiger partial charge in [0.05, 0.1) is 12.6 Å². The summed E-state index contributed by atoms with van der Waals surface area (Å²) in [6.07, 6.45) is 1.34. The predicted octanol–water partition coefficient (Wildman–Crippen LogP) is 2.83. The number of carbonyl (C=O) groups excluding carboxylic acids is 2. The third-order valence-corrected chi connectivity index (χ3v) is 4.83. The number of amides is 1. The number of esters is 1. The van der Waals surface area contributed by atoms with E-state index in [1.807, 2.05) is 49.4 Å². The summed E-state index contributed by atoms with van der Waals surface area (Å²) < 4.78 is 12.8. The lowest BCUT2D eigenvalue weighted by Gasteiger charge is -2.27. The van der Waals surface area contributed by atoms with Crippen molar-refractivity contribution in [2.75, 3.05) is 6.61 Å². The van der Waals surface area contributed by atoms with Gasteiger partial charge in [0, 0.05) is 23.9 Å². The van der Waals surface area contributed by atoms with E-state index < -0.39 is 12.1 Å². The van der Waals surface area contributed by atoms with E-state index in [0.29, 0.717) is 18.7 Å². The minimum atomic E-state index is -0.937. The first kappa shape index (κ1) is 18.0. The molecule has 2 aromatic heterocycles.